The first-order valence-electron chi connectivity index (χ1n) is 9.04. The molecule has 0 heterocycles. The van der Waals surface area contributed by atoms with Crippen molar-refractivity contribution in [3.63, 3.8) is 0 Å². The number of ether oxygens (including phenoxy) is 1. The van der Waals surface area contributed by atoms with Crippen LogP contribution in [0, 0.1) is 13.8 Å². The number of aryl methyl sites for hydroxylation is 1. The van der Waals surface area contributed by atoms with Crippen molar-refractivity contribution in [2.24, 2.45) is 5.16 Å². The fraction of sp³-hybridized carbons (Fsp3) is 0.300. The summed E-state index contributed by atoms with van der Waals surface area (Å²) in [6.07, 6.45) is 1.30. The molecule has 0 radical (unpaired) electrons. The number of oxime groups is 1. The van der Waals surface area contributed by atoms with Gasteiger partial charge >= 0.3 is 6.61 Å². The largest absolute Gasteiger partial charge is 0.435 e. The van der Waals surface area contributed by atoms with Crippen molar-refractivity contribution in [1.82, 2.24) is 4.31 Å². The zero-order valence-corrected chi connectivity index (χ0v) is 18.2. The zero-order valence-electron chi connectivity index (χ0n) is 17.4. The van der Waals surface area contributed by atoms with Crippen LogP contribution in [0.1, 0.15) is 16.7 Å². The molecule has 0 aromatic heterocycles. The summed E-state index contributed by atoms with van der Waals surface area (Å²) in [5, 5.41) is 6.27. The number of carbonyl (C=O) groups excluding carboxylic acids is 1. The number of benzene rings is 2. The van der Waals surface area contributed by atoms with Crippen molar-refractivity contribution < 1.29 is 31.6 Å². The Kier molecular flexibility index (Phi) is 8.06. The Labute approximate surface area is 179 Å². The number of hydrogen-bond donors (Lipinski definition) is 1. The normalized spacial score (nSPS) is 11.9. The lowest BCUT2D eigenvalue weighted by Crippen LogP contribution is -2.23. The molecule has 2 aromatic rings. The minimum absolute atomic E-state index is 0.0108. The van der Waals surface area contributed by atoms with Crippen molar-refractivity contribution in [2.75, 3.05) is 26.0 Å². The molecule has 0 spiro atoms. The maximum Gasteiger partial charge on any atom is 0.387 e. The topological polar surface area (TPSA) is 97.3 Å². The molecule has 11 heteroatoms. The molecule has 0 bridgehead atoms. The van der Waals surface area contributed by atoms with Gasteiger partial charge in [0.25, 0.3) is 5.91 Å². The highest BCUT2D eigenvalue weighted by molar-refractivity contribution is 7.89. The quantitative estimate of drug-likeness (QED) is 0.463. The van der Waals surface area contributed by atoms with Gasteiger partial charge < -0.3 is 14.9 Å². The molecular formula is C20H23F2N3O5S. The first-order chi connectivity index (χ1) is 14.5. The monoisotopic (exact) mass is 455 g/mol. The molecule has 0 atom stereocenters. The molecule has 0 aliphatic rings. The summed E-state index contributed by atoms with van der Waals surface area (Å²) in [5.74, 6) is -0.517. The van der Waals surface area contributed by atoms with E-state index in [-0.39, 0.29) is 10.6 Å². The van der Waals surface area contributed by atoms with Gasteiger partial charge in [0.1, 0.15) is 5.75 Å². The second-order valence-electron chi connectivity index (χ2n) is 6.70. The number of amides is 1. The summed E-state index contributed by atoms with van der Waals surface area (Å²) in [6.45, 7) is 0.194. The van der Waals surface area contributed by atoms with Crippen LogP contribution in [-0.4, -0.2) is 52.2 Å². The molecule has 0 aliphatic heterocycles. The number of rotatable bonds is 9. The molecule has 0 saturated heterocycles. The SMILES string of the molecule is Cc1cc(S(=O)(=O)N(C)C)cc(NC(=O)CO/N=C/c2ccc(OC(F)F)cc2)c1C. The highest BCUT2D eigenvalue weighted by atomic mass is 32.2. The summed E-state index contributed by atoms with van der Waals surface area (Å²) in [4.78, 5) is 17.2. The van der Waals surface area contributed by atoms with E-state index in [1.54, 1.807) is 19.9 Å². The van der Waals surface area contributed by atoms with Gasteiger partial charge in [-0.2, -0.15) is 8.78 Å². The van der Waals surface area contributed by atoms with E-state index < -0.39 is 29.1 Å². The van der Waals surface area contributed by atoms with Gasteiger partial charge in [-0.1, -0.05) is 5.16 Å². The number of nitrogens with zero attached hydrogens (tertiary/aromatic N) is 2. The Balaban J connectivity index is 1.98. The van der Waals surface area contributed by atoms with E-state index in [0.29, 0.717) is 16.8 Å². The third-order valence-corrected chi connectivity index (χ3v) is 6.06. The highest BCUT2D eigenvalue weighted by Gasteiger charge is 2.20. The van der Waals surface area contributed by atoms with E-state index in [2.05, 4.69) is 15.2 Å². The predicted octanol–water partition coefficient (Wildman–Crippen LogP) is 3.14. The lowest BCUT2D eigenvalue weighted by molar-refractivity contribution is -0.120. The molecule has 168 valence electrons. The van der Waals surface area contributed by atoms with Crippen LogP contribution in [0.25, 0.3) is 0 Å². The van der Waals surface area contributed by atoms with Crippen LogP contribution in [0.2, 0.25) is 0 Å². The number of anilines is 1. The first-order valence-corrected chi connectivity index (χ1v) is 10.5. The van der Waals surface area contributed by atoms with Crippen molar-refractivity contribution in [3.05, 3.63) is 53.1 Å². The molecule has 0 saturated carbocycles. The third-order valence-electron chi connectivity index (χ3n) is 4.27. The van der Waals surface area contributed by atoms with Gasteiger partial charge in [-0.15, -0.1) is 0 Å². The van der Waals surface area contributed by atoms with Crippen molar-refractivity contribution in [1.29, 1.82) is 0 Å². The molecule has 2 rings (SSSR count). The minimum Gasteiger partial charge on any atom is -0.435 e. The number of halogens is 2. The smallest absolute Gasteiger partial charge is 0.387 e. The van der Waals surface area contributed by atoms with Crippen LogP contribution in [0.3, 0.4) is 0 Å². The summed E-state index contributed by atoms with van der Waals surface area (Å²) >= 11 is 0. The van der Waals surface area contributed by atoms with Crippen molar-refractivity contribution in [3.8, 4) is 5.75 Å². The fourth-order valence-corrected chi connectivity index (χ4v) is 3.45. The fourth-order valence-electron chi connectivity index (χ4n) is 2.43. The standard InChI is InChI=1S/C20H23F2N3O5S/c1-13-9-17(31(27,28)25(3)4)10-18(14(13)2)24-19(26)12-29-23-11-15-5-7-16(8-6-15)30-20(21)22/h5-11,20H,12H2,1-4H3,(H,24,26)/b23-11+. The maximum absolute atomic E-state index is 12.4. The molecule has 0 aliphatic carbocycles. The number of carbonyl (C=O) groups is 1. The van der Waals surface area contributed by atoms with Gasteiger partial charge in [-0.3, -0.25) is 4.79 Å². The molecule has 31 heavy (non-hydrogen) atoms. The Morgan fingerprint density at radius 2 is 1.84 bits per heavy atom. The number of hydrogen-bond acceptors (Lipinski definition) is 6. The maximum atomic E-state index is 12.4. The number of sulfonamides is 1. The summed E-state index contributed by atoms with van der Waals surface area (Å²) < 4.78 is 54.3. The summed E-state index contributed by atoms with van der Waals surface area (Å²) in [6, 6.07) is 8.61. The van der Waals surface area contributed by atoms with Crippen LogP contribution < -0.4 is 10.1 Å². The van der Waals surface area contributed by atoms with E-state index in [0.717, 1.165) is 9.87 Å². The van der Waals surface area contributed by atoms with Crippen molar-refractivity contribution >= 4 is 27.8 Å². The van der Waals surface area contributed by atoms with E-state index in [4.69, 9.17) is 4.84 Å². The van der Waals surface area contributed by atoms with Crippen LogP contribution in [0.15, 0.2) is 46.4 Å². The van der Waals surface area contributed by atoms with Crippen LogP contribution in [0.5, 0.6) is 5.75 Å². The Hall–Kier alpha value is -3.05. The van der Waals surface area contributed by atoms with E-state index in [1.807, 2.05) is 0 Å². The molecule has 0 fully saturated rings. The Morgan fingerprint density at radius 1 is 1.19 bits per heavy atom. The Morgan fingerprint density at radius 3 is 2.42 bits per heavy atom. The lowest BCUT2D eigenvalue weighted by Gasteiger charge is -2.16. The average molecular weight is 455 g/mol. The van der Waals surface area contributed by atoms with Gasteiger partial charge in [0.05, 0.1) is 11.1 Å². The number of alkyl halides is 2. The zero-order chi connectivity index (χ0) is 23.2. The second-order valence-corrected chi connectivity index (χ2v) is 8.86. The lowest BCUT2D eigenvalue weighted by atomic mass is 10.1. The predicted molar refractivity (Wildman–Crippen MR) is 112 cm³/mol. The van der Waals surface area contributed by atoms with Gasteiger partial charge in [0.15, 0.2) is 6.61 Å². The molecular weight excluding hydrogens is 432 g/mol. The molecule has 2 aromatic carbocycles. The molecule has 1 amide bonds. The van der Waals surface area contributed by atoms with Gasteiger partial charge in [-0.05, 0) is 66.9 Å². The number of nitrogens with one attached hydrogen (secondary N) is 1. The van der Waals surface area contributed by atoms with Crippen LogP contribution >= 0.6 is 0 Å². The van der Waals surface area contributed by atoms with E-state index >= 15 is 0 Å². The van der Waals surface area contributed by atoms with E-state index in [9.17, 15) is 22.0 Å². The molecule has 0 unspecified atom stereocenters. The Bertz CT molecular complexity index is 1060. The van der Waals surface area contributed by atoms with Gasteiger partial charge in [-0.25, -0.2) is 12.7 Å². The van der Waals surface area contributed by atoms with Crippen LogP contribution in [0.4, 0.5) is 14.5 Å². The van der Waals surface area contributed by atoms with E-state index in [1.165, 1.54) is 50.6 Å². The van der Waals surface area contributed by atoms with Crippen molar-refractivity contribution in [2.45, 2.75) is 25.4 Å². The highest BCUT2D eigenvalue weighted by Crippen LogP contribution is 2.25. The third kappa shape index (κ3) is 6.72. The summed E-state index contributed by atoms with van der Waals surface area (Å²) in [5.41, 5.74) is 2.33. The molecule has 1 N–H and O–H groups in total. The average Bonchev–Trinajstić information content (AvgIpc) is 2.69. The second kappa shape index (κ2) is 10.3. The first kappa shape index (κ1) is 24.2. The van der Waals surface area contributed by atoms with Gasteiger partial charge in [0, 0.05) is 19.8 Å². The minimum atomic E-state index is -3.66. The molecule has 8 nitrogen and oxygen atoms in total. The van der Waals surface area contributed by atoms with Gasteiger partial charge in [0.2, 0.25) is 10.0 Å². The van der Waals surface area contributed by atoms with Crippen LogP contribution in [-0.2, 0) is 19.7 Å². The summed E-state index contributed by atoms with van der Waals surface area (Å²) in [7, 11) is -0.810.